The van der Waals surface area contributed by atoms with Crippen LogP contribution in [0.15, 0.2) is 36.5 Å². The third kappa shape index (κ3) is 3.42. The number of rotatable bonds is 4. The van der Waals surface area contributed by atoms with Crippen molar-refractivity contribution in [2.75, 3.05) is 0 Å². The molecule has 100 valence electrons. The molecule has 3 nitrogen and oxygen atoms in total. The lowest BCUT2D eigenvalue weighted by molar-refractivity contribution is 0.536. The van der Waals surface area contributed by atoms with Gasteiger partial charge in [-0.15, -0.1) is 0 Å². The van der Waals surface area contributed by atoms with Crippen LogP contribution < -0.4 is 11.3 Å². The van der Waals surface area contributed by atoms with Crippen molar-refractivity contribution >= 4 is 23.2 Å². The lowest BCUT2D eigenvalue weighted by Crippen LogP contribution is -2.30. The van der Waals surface area contributed by atoms with Crippen LogP contribution in [0.3, 0.4) is 0 Å². The van der Waals surface area contributed by atoms with Crippen molar-refractivity contribution in [2.45, 2.75) is 12.5 Å². The number of aromatic nitrogens is 1. The molecule has 0 aliphatic rings. The highest BCUT2D eigenvalue weighted by atomic mass is 35.5. The average molecular weight is 300 g/mol. The van der Waals surface area contributed by atoms with Gasteiger partial charge in [0.15, 0.2) is 0 Å². The first kappa shape index (κ1) is 14.2. The van der Waals surface area contributed by atoms with Gasteiger partial charge in [-0.1, -0.05) is 23.2 Å². The Morgan fingerprint density at radius 2 is 2.05 bits per heavy atom. The van der Waals surface area contributed by atoms with Gasteiger partial charge in [0, 0.05) is 11.2 Å². The summed E-state index contributed by atoms with van der Waals surface area (Å²) in [6.07, 6.45) is 2.02. The first-order valence-electron chi connectivity index (χ1n) is 5.62. The van der Waals surface area contributed by atoms with Gasteiger partial charge in [0.25, 0.3) is 0 Å². The minimum atomic E-state index is -0.345. The normalized spacial score (nSPS) is 12.4. The summed E-state index contributed by atoms with van der Waals surface area (Å²) in [4.78, 5) is 4.19. The van der Waals surface area contributed by atoms with Crippen LogP contribution in [0.1, 0.15) is 17.3 Å². The Balaban J connectivity index is 2.29. The van der Waals surface area contributed by atoms with Crippen LogP contribution in [0, 0.1) is 5.82 Å². The van der Waals surface area contributed by atoms with Crippen molar-refractivity contribution in [1.29, 1.82) is 0 Å². The van der Waals surface area contributed by atoms with Crippen LogP contribution in [0.4, 0.5) is 4.39 Å². The smallest absolute Gasteiger partial charge is 0.123 e. The standard InChI is InChI=1S/C13H12Cl2FN3/c14-10-4-3-9(16)6-8(10)7-12(19-17)13-11(15)2-1-5-18-13/h1-6,12,19H,7,17H2. The van der Waals surface area contributed by atoms with Crippen LogP contribution in [0.25, 0.3) is 0 Å². The molecule has 0 fully saturated rings. The summed E-state index contributed by atoms with van der Waals surface area (Å²) in [5.41, 5.74) is 3.87. The Kier molecular flexibility index (Phi) is 4.71. The minimum Gasteiger partial charge on any atom is -0.271 e. The number of benzene rings is 1. The SMILES string of the molecule is NNC(Cc1cc(F)ccc1Cl)c1ncccc1Cl. The lowest BCUT2D eigenvalue weighted by atomic mass is 10.0. The molecular formula is C13H12Cl2FN3. The predicted octanol–water partition coefficient (Wildman–Crippen LogP) is 3.27. The van der Waals surface area contributed by atoms with Gasteiger partial charge in [-0.3, -0.25) is 16.3 Å². The number of nitrogens with one attached hydrogen (secondary N) is 1. The summed E-state index contributed by atoms with van der Waals surface area (Å²) < 4.78 is 13.2. The average Bonchev–Trinajstić information content (AvgIpc) is 2.41. The monoisotopic (exact) mass is 299 g/mol. The summed E-state index contributed by atoms with van der Waals surface area (Å²) in [5.74, 6) is 5.18. The molecule has 3 N–H and O–H groups in total. The molecule has 6 heteroatoms. The predicted molar refractivity (Wildman–Crippen MR) is 74.4 cm³/mol. The van der Waals surface area contributed by atoms with E-state index in [1.807, 2.05) is 0 Å². The van der Waals surface area contributed by atoms with E-state index in [-0.39, 0.29) is 11.9 Å². The highest BCUT2D eigenvalue weighted by Crippen LogP contribution is 2.26. The molecule has 0 amide bonds. The van der Waals surface area contributed by atoms with Crippen molar-refractivity contribution in [2.24, 2.45) is 5.84 Å². The Hall–Kier alpha value is -1.20. The van der Waals surface area contributed by atoms with E-state index in [0.717, 1.165) is 0 Å². The molecule has 2 aromatic rings. The van der Waals surface area contributed by atoms with Gasteiger partial charge in [-0.2, -0.15) is 0 Å². The first-order chi connectivity index (χ1) is 9.11. The molecule has 1 heterocycles. The Bertz CT molecular complexity index is 578. The number of hydrazine groups is 1. The third-order valence-corrected chi connectivity index (χ3v) is 3.44. The summed E-state index contributed by atoms with van der Waals surface area (Å²) in [6, 6.07) is 7.32. The molecular weight excluding hydrogens is 288 g/mol. The van der Waals surface area contributed by atoms with Crippen LogP contribution in [-0.4, -0.2) is 4.98 Å². The molecule has 0 radical (unpaired) electrons. The zero-order valence-corrected chi connectivity index (χ0v) is 11.4. The number of halogens is 3. The van der Waals surface area contributed by atoms with E-state index in [0.29, 0.717) is 27.7 Å². The van der Waals surface area contributed by atoms with E-state index >= 15 is 0 Å². The fraction of sp³-hybridized carbons (Fsp3) is 0.154. The van der Waals surface area contributed by atoms with Crippen molar-refractivity contribution in [3.8, 4) is 0 Å². The molecule has 1 aromatic heterocycles. The van der Waals surface area contributed by atoms with Crippen molar-refractivity contribution < 1.29 is 4.39 Å². The zero-order chi connectivity index (χ0) is 13.8. The van der Waals surface area contributed by atoms with Crippen LogP contribution in [0.5, 0.6) is 0 Å². The molecule has 0 bridgehead atoms. The fourth-order valence-corrected chi connectivity index (χ4v) is 2.26. The van der Waals surface area contributed by atoms with Gasteiger partial charge in [0.2, 0.25) is 0 Å². The number of hydrogen-bond donors (Lipinski definition) is 2. The first-order valence-corrected chi connectivity index (χ1v) is 6.38. The second-order valence-corrected chi connectivity index (χ2v) is 4.84. The molecule has 0 spiro atoms. The minimum absolute atomic E-state index is 0.340. The quantitative estimate of drug-likeness (QED) is 0.673. The second-order valence-electron chi connectivity index (χ2n) is 4.03. The van der Waals surface area contributed by atoms with E-state index in [2.05, 4.69) is 10.4 Å². The van der Waals surface area contributed by atoms with Crippen LogP contribution in [-0.2, 0) is 6.42 Å². The fourth-order valence-electron chi connectivity index (χ4n) is 1.81. The van der Waals surface area contributed by atoms with Crippen molar-refractivity contribution in [3.63, 3.8) is 0 Å². The Labute approximate surface area is 120 Å². The van der Waals surface area contributed by atoms with E-state index in [1.54, 1.807) is 18.3 Å². The van der Waals surface area contributed by atoms with Gasteiger partial charge >= 0.3 is 0 Å². The number of pyridine rings is 1. The summed E-state index contributed by atoms with van der Waals surface area (Å²) >= 11 is 12.1. The molecule has 1 unspecified atom stereocenters. The van der Waals surface area contributed by atoms with Gasteiger partial charge in [0.1, 0.15) is 5.82 Å². The largest absolute Gasteiger partial charge is 0.271 e. The number of nitrogens with two attached hydrogens (primary N) is 1. The maximum Gasteiger partial charge on any atom is 0.123 e. The third-order valence-electron chi connectivity index (χ3n) is 2.75. The second kappa shape index (κ2) is 6.30. The number of hydrogen-bond acceptors (Lipinski definition) is 3. The molecule has 19 heavy (non-hydrogen) atoms. The molecule has 0 saturated carbocycles. The van der Waals surface area contributed by atoms with Gasteiger partial charge in [-0.25, -0.2) is 4.39 Å². The van der Waals surface area contributed by atoms with Crippen LogP contribution in [0.2, 0.25) is 10.0 Å². The van der Waals surface area contributed by atoms with E-state index in [1.165, 1.54) is 18.2 Å². The highest BCUT2D eigenvalue weighted by molar-refractivity contribution is 6.31. The Morgan fingerprint density at radius 3 is 2.74 bits per heavy atom. The van der Waals surface area contributed by atoms with Crippen molar-refractivity contribution in [1.82, 2.24) is 10.4 Å². The van der Waals surface area contributed by atoms with E-state index < -0.39 is 0 Å². The van der Waals surface area contributed by atoms with E-state index in [9.17, 15) is 4.39 Å². The van der Waals surface area contributed by atoms with Gasteiger partial charge in [-0.05, 0) is 42.3 Å². The zero-order valence-electron chi connectivity index (χ0n) is 9.91. The summed E-state index contributed by atoms with van der Waals surface area (Å²) in [5, 5.41) is 0.978. The molecule has 1 aromatic carbocycles. The lowest BCUT2D eigenvalue weighted by Gasteiger charge is -2.17. The molecule has 0 saturated heterocycles. The molecule has 2 rings (SSSR count). The molecule has 1 atom stereocenters. The topological polar surface area (TPSA) is 50.9 Å². The maximum atomic E-state index is 13.2. The summed E-state index contributed by atoms with van der Waals surface area (Å²) in [7, 11) is 0. The van der Waals surface area contributed by atoms with Gasteiger partial charge < -0.3 is 0 Å². The van der Waals surface area contributed by atoms with Crippen LogP contribution >= 0.6 is 23.2 Å². The maximum absolute atomic E-state index is 13.2. The summed E-state index contributed by atoms with van der Waals surface area (Å²) in [6.45, 7) is 0. The van der Waals surface area contributed by atoms with Crippen molar-refractivity contribution in [3.05, 3.63) is 63.6 Å². The molecule has 0 aliphatic heterocycles. The number of nitrogens with zero attached hydrogens (tertiary/aromatic N) is 1. The van der Waals surface area contributed by atoms with Gasteiger partial charge in [0.05, 0.1) is 16.8 Å². The Morgan fingerprint density at radius 1 is 1.26 bits per heavy atom. The highest BCUT2D eigenvalue weighted by Gasteiger charge is 2.17. The van der Waals surface area contributed by atoms with E-state index in [4.69, 9.17) is 29.0 Å². The molecule has 0 aliphatic carbocycles.